The Labute approximate surface area is 103 Å². The quantitative estimate of drug-likeness (QED) is 0.681. The van der Waals surface area contributed by atoms with Gasteiger partial charge in [-0.05, 0) is 56.5 Å². The van der Waals surface area contributed by atoms with Gasteiger partial charge in [-0.25, -0.2) is 0 Å². The molecule has 0 heterocycles. The van der Waals surface area contributed by atoms with Crippen LogP contribution in [-0.2, 0) is 0 Å². The number of nitrogens with zero attached hydrogens (tertiary/aromatic N) is 1. The highest BCUT2D eigenvalue weighted by atomic mass is 15.1. The maximum atomic E-state index is 2.43. The molecule has 0 amide bonds. The number of rotatable bonds is 2. The molecule has 0 aliphatic heterocycles. The van der Waals surface area contributed by atoms with Crippen LogP contribution >= 0.6 is 0 Å². The third kappa shape index (κ3) is 2.45. The molecule has 0 aromatic heterocycles. The molecule has 0 aromatic rings. The third-order valence-electron chi connectivity index (χ3n) is 5.18. The van der Waals surface area contributed by atoms with Gasteiger partial charge in [0.2, 0.25) is 0 Å². The molecule has 0 bridgehead atoms. The van der Waals surface area contributed by atoms with Crippen LogP contribution in [0.2, 0.25) is 0 Å². The van der Waals surface area contributed by atoms with Crippen molar-refractivity contribution in [3.8, 4) is 0 Å². The highest BCUT2D eigenvalue weighted by molar-refractivity contribution is 4.97. The van der Waals surface area contributed by atoms with E-state index in [2.05, 4.69) is 53.6 Å². The van der Waals surface area contributed by atoms with Crippen molar-refractivity contribution >= 4 is 0 Å². The molecule has 1 rings (SSSR count). The first-order chi connectivity index (χ1) is 7.21. The van der Waals surface area contributed by atoms with Crippen molar-refractivity contribution in [1.82, 2.24) is 4.90 Å². The Bertz CT molecular complexity index is 214. The van der Waals surface area contributed by atoms with Crippen molar-refractivity contribution in [2.24, 2.45) is 16.7 Å². The summed E-state index contributed by atoms with van der Waals surface area (Å²) in [5.74, 6) is 0.801. The van der Waals surface area contributed by atoms with Gasteiger partial charge in [0.15, 0.2) is 0 Å². The van der Waals surface area contributed by atoms with Gasteiger partial charge in [-0.15, -0.1) is 0 Å². The molecule has 1 fully saturated rings. The molecule has 0 unspecified atom stereocenters. The van der Waals surface area contributed by atoms with Crippen LogP contribution in [0.25, 0.3) is 0 Å². The van der Waals surface area contributed by atoms with Gasteiger partial charge in [0.25, 0.3) is 0 Å². The predicted molar refractivity (Wildman–Crippen MR) is 72.7 cm³/mol. The first-order valence-electron chi connectivity index (χ1n) is 6.87. The van der Waals surface area contributed by atoms with Crippen LogP contribution in [0, 0.1) is 16.7 Å². The van der Waals surface area contributed by atoms with Crippen molar-refractivity contribution < 1.29 is 0 Å². The lowest BCUT2D eigenvalue weighted by atomic mass is 9.54. The van der Waals surface area contributed by atoms with Gasteiger partial charge in [0.1, 0.15) is 0 Å². The zero-order valence-electron chi connectivity index (χ0n) is 12.4. The topological polar surface area (TPSA) is 3.24 Å². The van der Waals surface area contributed by atoms with E-state index in [0.717, 1.165) is 12.0 Å². The Morgan fingerprint density at radius 1 is 1.06 bits per heavy atom. The molecule has 96 valence electrons. The van der Waals surface area contributed by atoms with E-state index in [1.54, 1.807) is 0 Å². The summed E-state index contributed by atoms with van der Waals surface area (Å²) < 4.78 is 0. The molecule has 1 aliphatic carbocycles. The molecule has 1 saturated carbocycles. The molecule has 1 heteroatoms. The Morgan fingerprint density at radius 3 is 1.75 bits per heavy atom. The van der Waals surface area contributed by atoms with Crippen molar-refractivity contribution in [2.45, 2.75) is 66.3 Å². The normalized spacial score (nSPS) is 32.4. The Hall–Kier alpha value is -0.0400. The Balaban J connectivity index is 2.79. The van der Waals surface area contributed by atoms with E-state index in [0.29, 0.717) is 10.8 Å². The molecule has 0 spiro atoms. The second kappa shape index (κ2) is 4.68. The second-order valence-electron chi connectivity index (χ2n) is 7.26. The summed E-state index contributed by atoms with van der Waals surface area (Å²) >= 11 is 0. The van der Waals surface area contributed by atoms with Gasteiger partial charge in [-0.1, -0.05) is 34.6 Å². The van der Waals surface area contributed by atoms with E-state index in [9.17, 15) is 0 Å². The first kappa shape index (κ1) is 14.0. The van der Waals surface area contributed by atoms with Crippen LogP contribution in [0.15, 0.2) is 0 Å². The minimum atomic E-state index is 0.443. The zero-order valence-corrected chi connectivity index (χ0v) is 12.4. The molecule has 0 aromatic carbocycles. The van der Waals surface area contributed by atoms with Gasteiger partial charge < -0.3 is 4.90 Å². The van der Waals surface area contributed by atoms with E-state index in [1.165, 1.54) is 25.7 Å². The fourth-order valence-electron chi connectivity index (χ4n) is 3.83. The Kier molecular flexibility index (Phi) is 4.10. The summed E-state index contributed by atoms with van der Waals surface area (Å²) in [5, 5.41) is 0. The van der Waals surface area contributed by atoms with E-state index >= 15 is 0 Å². The molecule has 1 nitrogen and oxygen atoms in total. The summed E-state index contributed by atoms with van der Waals surface area (Å²) in [4.78, 5) is 2.41. The maximum absolute atomic E-state index is 2.43. The SMILES string of the molecule is CC(C)C1(C(C)(C)C)CCC(N(C)C)CC1. The van der Waals surface area contributed by atoms with Crippen molar-refractivity contribution in [3.05, 3.63) is 0 Å². The van der Waals surface area contributed by atoms with Crippen LogP contribution in [0.4, 0.5) is 0 Å². The summed E-state index contributed by atoms with van der Waals surface area (Å²) in [7, 11) is 4.45. The van der Waals surface area contributed by atoms with Crippen LogP contribution in [0.3, 0.4) is 0 Å². The monoisotopic (exact) mass is 225 g/mol. The van der Waals surface area contributed by atoms with Gasteiger partial charge in [0, 0.05) is 6.04 Å². The fraction of sp³-hybridized carbons (Fsp3) is 1.00. The summed E-state index contributed by atoms with van der Waals surface area (Å²) in [5.41, 5.74) is 0.998. The molecule has 0 saturated heterocycles. The molecule has 0 N–H and O–H groups in total. The lowest BCUT2D eigenvalue weighted by molar-refractivity contribution is -0.0269. The highest BCUT2D eigenvalue weighted by Gasteiger charge is 2.46. The first-order valence-corrected chi connectivity index (χ1v) is 6.87. The fourth-order valence-corrected chi connectivity index (χ4v) is 3.83. The molecular formula is C15H31N. The summed E-state index contributed by atoms with van der Waals surface area (Å²) in [6.07, 6.45) is 5.55. The molecule has 1 aliphatic rings. The van der Waals surface area contributed by atoms with E-state index in [4.69, 9.17) is 0 Å². The Morgan fingerprint density at radius 2 is 1.50 bits per heavy atom. The van der Waals surface area contributed by atoms with Crippen LogP contribution in [0.1, 0.15) is 60.3 Å². The minimum Gasteiger partial charge on any atom is -0.306 e. The zero-order chi connectivity index (χ0) is 12.6. The van der Waals surface area contributed by atoms with Gasteiger partial charge >= 0.3 is 0 Å². The summed E-state index contributed by atoms with van der Waals surface area (Å²) in [6, 6.07) is 0.814. The standard InChI is InChI=1S/C15H31N/c1-12(2)15(14(3,4)5)10-8-13(9-11-15)16(6)7/h12-13H,8-11H2,1-7H3. The third-order valence-corrected chi connectivity index (χ3v) is 5.18. The van der Waals surface area contributed by atoms with Crippen molar-refractivity contribution in [2.75, 3.05) is 14.1 Å². The van der Waals surface area contributed by atoms with Gasteiger partial charge in [-0.3, -0.25) is 0 Å². The maximum Gasteiger partial charge on any atom is 0.00895 e. The molecule has 16 heavy (non-hydrogen) atoms. The second-order valence-corrected chi connectivity index (χ2v) is 7.26. The van der Waals surface area contributed by atoms with E-state index in [-0.39, 0.29) is 0 Å². The van der Waals surface area contributed by atoms with Crippen LogP contribution < -0.4 is 0 Å². The average molecular weight is 225 g/mol. The van der Waals surface area contributed by atoms with E-state index in [1.807, 2.05) is 0 Å². The average Bonchev–Trinajstić information content (AvgIpc) is 2.15. The predicted octanol–water partition coefficient (Wildman–Crippen LogP) is 4.18. The number of hydrogen-bond acceptors (Lipinski definition) is 1. The summed E-state index contributed by atoms with van der Waals surface area (Å²) in [6.45, 7) is 12.1. The largest absolute Gasteiger partial charge is 0.306 e. The van der Waals surface area contributed by atoms with Gasteiger partial charge in [0.05, 0.1) is 0 Å². The number of hydrogen-bond donors (Lipinski definition) is 0. The van der Waals surface area contributed by atoms with Crippen molar-refractivity contribution in [3.63, 3.8) is 0 Å². The molecule has 0 atom stereocenters. The molecular weight excluding hydrogens is 194 g/mol. The van der Waals surface area contributed by atoms with Crippen molar-refractivity contribution in [1.29, 1.82) is 0 Å². The lowest BCUT2D eigenvalue weighted by Crippen LogP contribution is -2.46. The van der Waals surface area contributed by atoms with Crippen LogP contribution in [0.5, 0.6) is 0 Å². The molecule has 0 radical (unpaired) electrons. The van der Waals surface area contributed by atoms with Gasteiger partial charge in [-0.2, -0.15) is 0 Å². The van der Waals surface area contributed by atoms with E-state index < -0.39 is 0 Å². The van der Waals surface area contributed by atoms with Crippen LogP contribution in [-0.4, -0.2) is 25.0 Å². The smallest absolute Gasteiger partial charge is 0.00895 e. The lowest BCUT2D eigenvalue weighted by Gasteiger charge is -2.53. The highest BCUT2D eigenvalue weighted by Crippen LogP contribution is 2.54. The minimum absolute atomic E-state index is 0.443.